The van der Waals surface area contributed by atoms with Gasteiger partial charge in [-0.15, -0.1) is 0 Å². The lowest BCUT2D eigenvalue weighted by atomic mass is 10.1. The molecule has 96 valence electrons. The molecule has 0 aliphatic carbocycles. The molecule has 1 aromatic carbocycles. The summed E-state index contributed by atoms with van der Waals surface area (Å²) in [6.07, 6.45) is 0. The lowest BCUT2D eigenvalue weighted by molar-refractivity contribution is 0.414. The van der Waals surface area contributed by atoms with Gasteiger partial charge in [0.25, 0.3) is 0 Å². The van der Waals surface area contributed by atoms with Crippen LogP contribution in [0.15, 0.2) is 24.3 Å². The summed E-state index contributed by atoms with van der Waals surface area (Å²) in [5.74, 6) is 1.70. The molecule has 0 spiro atoms. The molecule has 1 atom stereocenters. The van der Waals surface area contributed by atoms with Gasteiger partial charge in [-0.05, 0) is 31.5 Å². The predicted molar refractivity (Wildman–Crippen MR) is 74.5 cm³/mol. The van der Waals surface area contributed by atoms with E-state index in [0.717, 1.165) is 16.7 Å². The highest BCUT2D eigenvalue weighted by Crippen LogP contribution is 2.27. The Labute approximate surface area is 111 Å². The molecule has 0 aliphatic heterocycles. The summed E-state index contributed by atoms with van der Waals surface area (Å²) in [6.45, 7) is 4.06. The molecule has 5 heteroatoms. The second-order valence-electron chi connectivity index (χ2n) is 4.18. The Morgan fingerprint density at radius 1 is 1.28 bits per heavy atom. The van der Waals surface area contributed by atoms with Crippen molar-refractivity contribution in [1.82, 2.24) is 9.36 Å². The van der Waals surface area contributed by atoms with E-state index in [4.69, 9.17) is 4.74 Å². The Balaban J connectivity index is 2.16. The fourth-order valence-electron chi connectivity index (χ4n) is 1.70. The van der Waals surface area contributed by atoms with Crippen LogP contribution in [0.25, 0.3) is 0 Å². The van der Waals surface area contributed by atoms with Gasteiger partial charge < -0.3 is 9.64 Å². The number of nitrogens with zero attached hydrogens (tertiary/aromatic N) is 3. The van der Waals surface area contributed by atoms with Gasteiger partial charge in [-0.3, -0.25) is 0 Å². The second kappa shape index (κ2) is 5.35. The highest BCUT2D eigenvalue weighted by molar-refractivity contribution is 7.09. The first kappa shape index (κ1) is 12.8. The predicted octanol–water partition coefficient (Wildman–Crippen LogP) is 3.05. The molecule has 2 rings (SSSR count). The normalized spacial score (nSPS) is 12.2. The van der Waals surface area contributed by atoms with E-state index in [-0.39, 0.29) is 6.04 Å². The third-order valence-corrected chi connectivity index (χ3v) is 3.90. The van der Waals surface area contributed by atoms with Gasteiger partial charge in [-0.1, -0.05) is 12.1 Å². The quantitative estimate of drug-likeness (QED) is 0.849. The number of anilines is 1. The number of aryl methyl sites for hydroxylation is 1. The first-order valence-electron chi connectivity index (χ1n) is 5.79. The first-order valence-corrected chi connectivity index (χ1v) is 6.56. The van der Waals surface area contributed by atoms with Crippen molar-refractivity contribution in [2.24, 2.45) is 0 Å². The molecule has 0 fully saturated rings. The molecular formula is C13H17N3OS. The molecule has 2 aromatic rings. The molecule has 4 nitrogen and oxygen atoms in total. The number of aromatic nitrogens is 2. The van der Waals surface area contributed by atoms with Crippen molar-refractivity contribution in [1.29, 1.82) is 0 Å². The van der Waals surface area contributed by atoms with Crippen LogP contribution in [-0.2, 0) is 0 Å². The largest absolute Gasteiger partial charge is 0.497 e. The summed E-state index contributed by atoms with van der Waals surface area (Å²) in [7, 11) is 3.71. The SMILES string of the molecule is COc1ccc(C(C)N(C)c2nc(C)ns2)cc1. The van der Waals surface area contributed by atoms with E-state index >= 15 is 0 Å². The van der Waals surface area contributed by atoms with E-state index < -0.39 is 0 Å². The van der Waals surface area contributed by atoms with Gasteiger partial charge in [0.15, 0.2) is 0 Å². The van der Waals surface area contributed by atoms with E-state index in [1.807, 2.05) is 26.1 Å². The van der Waals surface area contributed by atoms with Crippen LogP contribution in [0.5, 0.6) is 5.75 Å². The molecule has 0 bridgehead atoms. The molecule has 0 saturated carbocycles. The lowest BCUT2D eigenvalue weighted by Crippen LogP contribution is -2.21. The van der Waals surface area contributed by atoms with Crippen molar-refractivity contribution in [3.05, 3.63) is 35.7 Å². The standard InChI is InChI=1S/C13H17N3OS/c1-9(11-5-7-12(17-4)8-6-11)16(3)13-14-10(2)15-18-13/h5-9H,1-4H3. The molecule has 0 saturated heterocycles. The zero-order valence-electron chi connectivity index (χ0n) is 11.0. The molecule has 1 heterocycles. The third kappa shape index (κ3) is 2.61. The Bertz CT molecular complexity index is 509. The highest BCUT2D eigenvalue weighted by Gasteiger charge is 2.15. The average molecular weight is 263 g/mol. The van der Waals surface area contributed by atoms with E-state index in [9.17, 15) is 0 Å². The Morgan fingerprint density at radius 3 is 2.44 bits per heavy atom. The number of rotatable bonds is 4. The van der Waals surface area contributed by atoms with Crippen LogP contribution in [0, 0.1) is 6.92 Å². The second-order valence-corrected chi connectivity index (χ2v) is 4.91. The zero-order chi connectivity index (χ0) is 13.1. The molecular weight excluding hydrogens is 246 g/mol. The maximum atomic E-state index is 5.16. The van der Waals surface area contributed by atoms with Gasteiger partial charge in [0, 0.05) is 18.6 Å². The monoisotopic (exact) mass is 263 g/mol. The van der Waals surface area contributed by atoms with Crippen LogP contribution in [0.3, 0.4) is 0 Å². The number of hydrogen-bond acceptors (Lipinski definition) is 5. The third-order valence-electron chi connectivity index (χ3n) is 3.00. The molecule has 18 heavy (non-hydrogen) atoms. The van der Waals surface area contributed by atoms with Crippen molar-refractivity contribution in [3.8, 4) is 5.75 Å². The summed E-state index contributed by atoms with van der Waals surface area (Å²) >= 11 is 1.43. The highest BCUT2D eigenvalue weighted by atomic mass is 32.1. The van der Waals surface area contributed by atoms with E-state index in [0.29, 0.717) is 0 Å². The minimum Gasteiger partial charge on any atom is -0.497 e. The molecule has 1 aromatic heterocycles. The van der Waals surface area contributed by atoms with Gasteiger partial charge in [0.1, 0.15) is 11.6 Å². The minimum atomic E-state index is 0.253. The smallest absolute Gasteiger partial charge is 0.205 e. The number of benzene rings is 1. The summed E-state index contributed by atoms with van der Waals surface area (Å²) in [6, 6.07) is 8.36. The zero-order valence-corrected chi connectivity index (χ0v) is 11.9. The van der Waals surface area contributed by atoms with Crippen molar-refractivity contribution < 1.29 is 4.74 Å². The van der Waals surface area contributed by atoms with Gasteiger partial charge in [0.05, 0.1) is 13.2 Å². The molecule has 1 unspecified atom stereocenters. The van der Waals surface area contributed by atoms with Crippen LogP contribution < -0.4 is 9.64 Å². The van der Waals surface area contributed by atoms with Gasteiger partial charge in [-0.25, -0.2) is 4.98 Å². The first-order chi connectivity index (χ1) is 8.61. The van der Waals surface area contributed by atoms with Gasteiger partial charge >= 0.3 is 0 Å². The van der Waals surface area contributed by atoms with Gasteiger partial charge in [-0.2, -0.15) is 4.37 Å². The van der Waals surface area contributed by atoms with Crippen molar-refractivity contribution in [3.63, 3.8) is 0 Å². The van der Waals surface area contributed by atoms with Crippen LogP contribution in [0.4, 0.5) is 5.13 Å². The fraction of sp³-hybridized carbons (Fsp3) is 0.385. The Hall–Kier alpha value is -1.62. The lowest BCUT2D eigenvalue weighted by Gasteiger charge is -2.24. The maximum absolute atomic E-state index is 5.16. The van der Waals surface area contributed by atoms with Crippen molar-refractivity contribution in [2.45, 2.75) is 19.9 Å². The Kier molecular flexibility index (Phi) is 3.81. The maximum Gasteiger partial charge on any atom is 0.205 e. The number of methoxy groups -OCH3 is 1. The Morgan fingerprint density at radius 2 is 1.94 bits per heavy atom. The molecule has 0 aliphatic rings. The van der Waals surface area contributed by atoms with Crippen LogP contribution in [-0.4, -0.2) is 23.5 Å². The fourth-order valence-corrected chi connectivity index (χ4v) is 2.42. The van der Waals surface area contributed by atoms with E-state index in [2.05, 4.69) is 33.3 Å². The summed E-state index contributed by atoms with van der Waals surface area (Å²) in [5.41, 5.74) is 1.23. The molecule has 0 amide bonds. The summed E-state index contributed by atoms with van der Waals surface area (Å²) < 4.78 is 9.37. The van der Waals surface area contributed by atoms with Crippen LogP contribution >= 0.6 is 11.5 Å². The van der Waals surface area contributed by atoms with E-state index in [1.165, 1.54) is 17.1 Å². The minimum absolute atomic E-state index is 0.253. The summed E-state index contributed by atoms with van der Waals surface area (Å²) in [4.78, 5) is 6.53. The number of ether oxygens (including phenoxy) is 1. The van der Waals surface area contributed by atoms with Crippen molar-refractivity contribution >= 4 is 16.7 Å². The van der Waals surface area contributed by atoms with E-state index in [1.54, 1.807) is 7.11 Å². The summed E-state index contributed by atoms with van der Waals surface area (Å²) in [5, 5.41) is 0.941. The topological polar surface area (TPSA) is 38.2 Å². The van der Waals surface area contributed by atoms with Crippen molar-refractivity contribution in [2.75, 3.05) is 19.1 Å². The molecule has 0 radical (unpaired) electrons. The van der Waals surface area contributed by atoms with Crippen LogP contribution in [0.2, 0.25) is 0 Å². The average Bonchev–Trinajstić information content (AvgIpc) is 2.84. The molecule has 0 N–H and O–H groups in total. The van der Waals surface area contributed by atoms with Crippen LogP contribution in [0.1, 0.15) is 24.4 Å². The number of hydrogen-bond donors (Lipinski definition) is 0. The van der Waals surface area contributed by atoms with Gasteiger partial charge in [0.2, 0.25) is 5.13 Å².